The smallest absolute Gasteiger partial charge is 0.260 e. The molecule has 1 saturated heterocycles. The molecule has 2 aromatic rings. The van der Waals surface area contributed by atoms with Crippen LogP contribution < -0.4 is 4.74 Å². The maximum absolute atomic E-state index is 12.5. The third kappa shape index (κ3) is 4.77. The molecule has 0 saturated carbocycles. The highest BCUT2D eigenvalue weighted by atomic mass is 32.2. The molecule has 1 fully saturated rings. The van der Waals surface area contributed by atoms with Gasteiger partial charge in [0.1, 0.15) is 5.75 Å². The number of aromatic nitrogens is 2. The van der Waals surface area contributed by atoms with Gasteiger partial charge in [-0.3, -0.25) is 9.48 Å². The van der Waals surface area contributed by atoms with E-state index in [0.717, 1.165) is 17.0 Å². The van der Waals surface area contributed by atoms with Crippen LogP contribution in [0.5, 0.6) is 5.75 Å². The van der Waals surface area contributed by atoms with E-state index in [4.69, 9.17) is 10.00 Å². The molecule has 1 amide bonds. The minimum atomic E-state index is -3.00. The first kappa shape index (κ1) is 20.9. The standard InChI is InChI=1S/C20H24N4O4S/c1-14-19(15(2)24(22-14)17-8-9-29(26,27)13-17)11-23(3)20(25)12-28-18-6-4-16(10-21)5-7-18/h4-7,17H,8-9,11-13H2,1-3H3/t17-/m1/s1. The van der Waals surface area contributed by atoms with Crippen LogP contribution in [0, 0.1) is 25.2 Å². The normalized spacial score (nSPS) is 17.7. The SMILES string of the molecule is Cc1nn([C@@H]2CCS(=O)(=O)C2)c(C)c1CN(C)C(=O)COc1ccc(C#N)cc1. The van der Waals surface area contributed by atoms with Crippen molar-refractivity contribution in [2.24, 2.45) is 0 Å². The van der Waals surface area contributed by atoms with Crippen LogP contribution in [0.4, 0.5) is 0 Å². The molecule has 0 spiro atoms. The number of sulfone groups is 1. The van der Waals surface area contributed by atoms with E-state index in [9.17, 15) is 13.2 Å². The average Bonchev–Trinajstić information content (AvgIpc) is 3.19. The Morgan fingerprint density at radius 3 is 2.62 bits per heavy atom. The Kier molecular flexibility index (Phi) is 5.94. The minimum Gasteiger partial charge on any atom is -0.484 e. The monoisotopic (exact) mass is 416 g/mol. The summed E-state index contributed by atoms with van der Waals surface area (Å²) in [7, 11) is -1.30. The fraction of sp³-hybridized carbons (Fsp3) is 0.450. The van der Waals surface area contributed by atoms with E-state index in [0.29, 0.717) is 24.3 Å². The van der Waals surface area contributed by atoms with Crippen molar-refractivity contribution in [3.63, 3.8) is 0 Å². The van der Waals surface area contributed by atoms with E-state index in [1.54, 1.807) is 40.9 Å². The Morgan fingerprint density at radius 1 is 1.34 bits per heavy atom. The van der Waals surface area contributed by atoms with Gasteiger partial charge in [0, 0.05) is 24.8 Å². The highest BCUT2D eigenvalue weighted by Crippen LogP contribution is 2.27. The van der Waals surface area contributed by atoms with Crippen LogP contribution in [0.25, 0.3) is 0 Å². The van der Waals surface area contributed by atoms with Gasteiger partial charge < -0.3 is 9.64 Å². The topological polar surface area (TPSA) is 105 Å². The molecular formula is C20H24N4O4S. The van der Waals surface area contributed by atoms with Crippen molar-refractivity contribution >= 4 is 15.7 Å². The second kappa shape index (κ2) is 8.25. The lowest BCUT2D eigenvalue weighted by molar-refractivity contribution is -0.132. The number of likely N-dealkylation sites (N-methyl/N-ethyl adjacent to an activating group) is 1. The van der Waals surface area contributed by atoms with Gasteiger partial charge in [0.25, 0.3) is 5.91 Å². The van der Waals surface area contributed by atoms with E-state index in [1.807, 2.05) is 19.9 Å². The molecule has 0 N–H and O–H groups in total. The molecule has 1 aromatic heterocycles. The summed E-state index contributed by atoms with van der Waals surface area (Å²) in [6.07, 6.45) is 0.566. The lowest BCUT2D eigenvalue weighted by Gasteiger charge is -2.18. The van der Waals surface area contributed by atoms with Gasteiger partial charge in [-0.05, 0) is 44.5 Å². The zero-order valence-corrected chi connectivity index (χ0v) is 17.6. The lowest BCUT2D eigenvalue weighted by Crippen LogP contribution is -2.31. The summed E-state index contributed by atoms with van der Waals surface area (Å²) in [5, 5.41) is 13.3. The van der Waals surface area contributed by atoms with E-state index >= 15 is 0 Å². The first-order valence-electron chi connectivity index (χ1n) is 9.32. The third-order valence-corrected chi connectivity index (χ3v) is 6.95. The zero-order chi connectivity index (χ0) is 21.2. The summed E-state index contributed by atoms with van der Waals surface area (Å²) in [5.41, 5.74) is 3.12. The third-order valence-electron chi connectivity index (χ3n) is 5.20. The number of carbonyl (C=O) groups is 1. The Morgan fingerprint density at radius 2 is 2.03 bits per heavy atom. The summed E-state index contributed by atoms with van der Waals surface area (Å²) in [6.45, 7) is 4.03. The number of nitrogens with zero attached hydrogens (tertiary/aromatic N) is 4. The van der Waals surface area contributed by atoms with Gasteiger partial charge in [0.15, 0.2) is 16.4 Å². The highest BCUT2D eigenvalue weighted by Gasteiger charge is 2.31. The molecule has 3 rings (SSSR count). The number of nitriles is 1. The summed E-state index contributed by atoms with van der Waals surface area (Å²) < 4.78 is 30.9. The number of amides is 1. The fourth-order valence-electron chi connectivity index (χ4n) is 3.46. The quantitative estimate of drug-likeness (QED) is 0.711. The molecule has 2 heterocycles. The Hall–Kier alpha value is -2.86. The number of rotatable bonds is 6. The number of aryl methyl sites for hydroxylation is 1. The van der Waals surface area contributed by atoms with Crippen LogP contribution in [0.15, 0.2) is 24.3 Å². The van der Waals surface area contributed by atoms with Crippen LogP contribution in [-0.2, 0) is 21.2 Å². The van der Waals surface area contributed by atoms with Gasteiger partial charge in [-0.2, -0.15) is 10.4 Å². The van der Waals surface area contributed by atoms with Crippen LogP contribution in [0.1, 0.15) is 35.0 Å². The van der Waals surface area contributed by atoms with Crippen molar-refractivity contribution in [2.45, 2.75) is 32.9 Å². The summed E-state index contributed by atoms with van der Waals surface area (Å²) in [5.74, 6) is 0.635. The van der Waals surface area contributed by atoms with Crippen LogP contribution in [-0.4, -0.2) is 54.2 Å². The second-order valence-corrected chi connectivity index (χ2v) is 9.55. The van der Waals surface area contributed by atoms with Gasteiger partial charge >= 0.3 is 0 Å². The number of benzene rings is 1. The van der Waals surface area contributed by atoms with E-state index in [2.05, 4.69) is 5.10 Å². The number of hydrogen-bond acceptors (Lipinski definition) is 6. The van der Waals surface area contributed by atoms with Crippen molar-refractivity contribution in [1.29, 1.82) is 5.26 Å². The molecule has 1 atom stereocenters. The minimum absolute atomic E-state index is 0.113. The molecule has 0 radical (unpaired) electrons. The second-order valence-electron chi connectivity index (χ2n) is 7.33. The molecule has 1 aliphatic heterocycles. The van der Waals surface area contributed by atoms with Gasteiger partial charge in [0.05, 0.1) is 34.9 Å². The van der Waals surface area contributed by atoms with Crippen molar-refractivity contribution in [1.82, 2.24) is 14.7 Å². The van der Waals surface area contributed by atoms with Crippen LogP contribution in [0.2, 0.25) is 0 Å². The molecule has 1 aliphatic rings. The van der Waals surface area contributed by atoms with Gasteiger partial charge in [0.2, 0.25) is 0 Å². The van der Waals surface area contributed by atoms with E-state index in [-0.39, 0.29) is 30.1 Å². The summed E-state index contributed by atoms with van der Waals surface area (Å²) in [4.78, 5) is 14.0. The molecule has 29 heavy (non-hydrogen) atoms. The molecule has 8 nitrogen and oxygen atoms in total. The van der Waals surface area contributed by atoms with Crippen molar-refractivity contribution in [2.75, 3.05) is 25.2 Å². The predicted molar refractivity (Wildman–Crippen MR) is 107 cm³/mol. The molecule has 9 heteroatoms. The zero-order valence-electron chi connectivity index (χ0n) is 16.8. The lowest BCUT2D eigenvalue weighted by atomic mass is 10.1. The number of ether oxygens (including phenoxy) is 1. The predicted octanol–water partition coefficient (Wildman–Crippen LogP) is 1.77. The molecule has 1 aromatic carbocycles. The first-order chi connectivity index (χ1) is 13.7. The molecule has 154 valence electrons. The maximum atomic E-state index is 12.5. The maximum Gasteiger partial charge on any atom is 0.260 e. The summed E-state index contributed by atoms with van der Waals surface area (Å²) in [6, 6.07) is 8.46. The van der Waals surface area contributed by atoms with Crippen molar-refractivity contribution < 1.29 is 17.9 Å². The van der Waals surface area contributed by atoms with Gasteiger partial charge in [-0.1, -0.05) is 0 Å². The fourth-order valence-corrected chi connectivity index (χ4v) is 5.15. The van der Waals surface area contributed by atoms with Gasteiger partial charge in [-0.25, -0.2) is 8.42 Å². The Balaban J connectivity index is 1.63. The van der Waals surface area contributed by atoms with Crippen molar-refractivity contribution in [3.8, 4) is 11.8 Å². The van der Waals surface area contributed by atoms with E-state index < -0.39 is 9.84 Å². The van der Waals surface area contributed by atoms with Crippen LogP contribution in [0.3, 0.4) is 0 Å². The van der Waals surface area contributed by atoms with E-state index in [1.165, 1.54) is 0 Å². The Labute approximate surface area is 170 Å². The van der Waals surface area contributed by atoms with Crippen LogP contribution >= 0.6 is 0 Å². The molecule has 0 bridgehead atoms. The average molecular weight is 417 g/mol. The van der Waals surface area contributed by atoms with Gasteiger partial charge in [-0.15, -0.1) is 0 Å². The molecule has 0 aliphatic carbocycles. The largest absolute Gasteiger partial charge is 0.484 e. The number of hydrogen-bond donors (Lipinski definition) is 0. The molecule has 0 unspecified atom stereocenters. The Bertz CT molecular complexity index is 1050. The summed E-state index contributed by atoms with van der Waals surface area (Å²) >= 11 is 0. The van der Waals surface area contributed by atoms with Crippen molar-refractivity contribution in [3.05, 3.63) is 46.8 Å². The highest BCUT2D eigenvalue weighted by molar-refractivity contribution is 7.91. The first-order valence-corrected chi connectivity index (χ1v) is 11.1. The number of carbonyl (C=O) groups excluding carboxylic acids is 1. The molecular weight excluding hydrogens is 392 g/mol.